The summed E-state index contributed by atoms with van der Waals surface area (Å²) < 4.78 is 0. The lowest BCUT2D eigenvalue weighted by Crippen LogP contribution is -3.28. The maximum atomic E-state index is 2.48. The lowest BCUT2D eigenvalue weighted by atomic mass is 9.95. The van der Waals surface area contributed by atoms with Gasteiger partial charge in [-0.15, -0.1) is 0 Å². The van der Waals surface area contributed by atoms with Crippen molar-refractivity contribution in [2.24, 2.45) is 0 Å². The highest BCUT2D eigenvalue weighted by atomic mass is 15.3. The fourth-order valence-corrected chi connectivity index (χ4v) is 3.33. The Morgan fingerprint density at radius 1 is 1.12 bits per heavy atom. The van der Waals surface area contributed by atoms with E-state index in [0.29, 0.717) is 0 Å². The summed E-state index contributed by atoms with van der Waals surface area (Å²) in [5, 5.41) is 2.48. The summed E-state index contributed by atoms with van der Waals surface area (Å²) in [5.41, 5.74) is 3.17. The van der Waals surface area contributed by atoms with Crippen LogP contribution in [0.5, 0.6) is 0 Å². The van der Waals surface area contributed by atoms with Crippen molar-refractivity contribution in [2.45, 2.75) is 12.6 Å². The van der Waals surface area contributed by atoms with Crippen LogP contribution in [-0.2, 0) is 6.54 Å². The molecule has 1 aromatic rings. The molecule has 3 nitrogen and oxygen atoms in total. The van der Waals surface area contributed by atoms with Crippen molar-refractivity contribution >= 4 is 0 Å². The number of fused-ring (bicyclic) bond motifs is 1. The van der Waals surface area contributed by atoms with E-state index in [-0.39, 0.29) is 0 Å². The Kier molecular flexibility index (Phi) is 3.14. The highest BCUT2D eigenvalue weighted by molar-refractivity contribution is 5.29. The lowest BCUT2D eigenvalue weighted by molar-refractivity contribution is -1.03. The van der Waals surface area contributed by atoms with Crippen LogP contribution in [0.2, 0.25) is 0 Å². The summed E-state index contributed by atoms with van der Waals surface area (Å²) in [5.74, 6) is 0. The van der Waals surface area contributed by atoms with Crippen LogP contribution in [-0.4, -0.2) is 39.8 Å². The number of quaternary nitrogens is 3. The summed E-state index contributed by atoms with van der Waals surface area (Å²) in [6, 6.07) is 9.77. The van der Waals surface area contributed by atoms with Gasteiger partial charge in [-0.25, -0.2) is 0 Å². The number of rotatable bonds is 1. The highest BCUT2D eigenvalue weighted by Gasteiger charge is 2.34. The maximum absolute atomic E-state index is 2.48. The molecule has 4 N–H and O–H groups in total. The van der Waals surface area contributed by atoms with Gasteiger partial charge in [0.1, 0.15) is 39.3 Å². The third-order valence-corrected chi connectivity index (χ3v) is 4.44. The first-order valence-corrected chi connectivity index (χ1v) is 6.90. The molecule has 2 aliphatic heterocycles. The molecule has 0 spiro atoms. The Hall–Kier alpha value is -0.900. The summed E-state index contributed by atoms with van der Waals surface area (Å²) in [7, 11) is 2.32. The van der Waals surface area contributed by atoms with Gasteiger partial charge >= 0.3 is 0 Å². The fourth-order valence-electron chi connectivity index (χ4n) is 3.33. The average molecular weight is 234 g/mol. The number of nitrogens with one attached hydrogen (secondary N) is 2. The van der Waals surface area contributed by atoms with Gasteiger partial charge in [-0.05, 0) is 0 Å². The molecule has 0 radical (unpaired) electrons. The van der Waals surface area contributed by atoms with E-state index in [1.165, 1.54) is 39.3 Å². The first-order valence-electron chi connectivity index (χ1n) is 6.90. The van der Waals surface area contributed by atoms with Crippen molar-refractivity contribution in [2.75, 3.05) is 39.8 Å². The first-order chi connectivity index (χ1) is 8.34. The quantitative estimate of drug-likeness (QED) is 0.469. The van der Waals surface area contributed by atoms with Crippen molar-refractivity contribution in [1.82, 2.24) is 0 Å². The van der Waals surface area contributed by atoms with Gasteiger partial charge < -0.3 is 15.1 Å². The molecule has 17 heavy (non-hydrogen) atoms. The molecule has 0 unspecified atom stereocenters. The van der Waals surface area contributed by atoms with Gasteiger partial charge in [0.15, 0.2) is 6.04 Å². The van der Waals surface area contributed by atoms with Crippen molar-refractivity contribution in [1.29, 1.82) is 0 Å². The normalized spacial score (nSPS) is 33.1. The van der Waals surface area contributed by atoms with Gasteiger partial charge in [0.2, 0.25) is 0 Å². The minimum Gasteiger partial charge on any atom is -0.337 e. The van der Waals surface area contributed by atoms with E-state index in [1.54, 1.807) is 20.9 Å². The van der Waals surface area contributed by atoms with Crippen molar-refractivity contribution < 1.29 is 15.1 Å². The fraction of sp³-hybridized carbons (Fsp3) is 0.571. The van der Waals surface area contributed by atoms with Crippen LogP contribution in [0.15, 0.2) is 24.3 Å². The molecule has 0 amide bonds. The molecule has 1 aromatic carbocycles. The number of piperazine rings is 1. The van der Waals surface area contributed by atoms with Gasteiger partial charge in [0, 0.05) is 11.1 Å². The van der Waals surface area contributed by atoms with E-state index < -0.39 is 0 Å². The van der Waals surface area contributed by atoms with E-state index in [4.69, 9.17) is 0 Å². The Balaban J connectivity index is 1.80. The molecule has 92 valence electrons. The molecule has 0 bridgehead atoms. The molecule has 3 rings (SSSR count). The van der Waals surface area contributed by atoms with Crippen LogP contribution in [0, 0.1) is 0 Å². The van der Waals surface area contributed by atoms with Crippen LogP contribution in [0.1, 0.15) is 17.2 Å². The minimum absolute atomic E-state index is 0.730. The van der Waals surface area contributed by atoms with Gasteiger partial charge in [-0.1, -0.05) is 24.3 Å². The second-order valence-corrected chi connectivity index (χ2v) is 5.60. The second-order valence-electron chi connectivity index (χ2n) is 5.60. The van der Waals surface area contributed by atoms with E-state index in [0.717, 1.165) is 6.04 Å². The number of hydrogen-bond acceptors (Lipinski definition) is 0. The van der Waals surface area contributed by atoms with Gasteiger partial charge in [0.05, 0.1) is 7.05 Å². The smallest absolute Gasteiger partial charge is 0.163 e. The molecular formula is C14H24N3+3. The first kappa shape index (κ1) is 11.2. The van der Waals surface area contributed by atoms with E-state index in [9.17, 15) is 0 Å². The largest absolute Gasteiger partial charge is 0.337 e. The standard InChI is InChI=1S/C14H21N3/c1-16-6-8-17(9-7-16)14-11-15-10-12-4-2-3-5-13(12)14/h2-5,14-15H,6-11H2,1H3/p+3/t14-/m1/s1. The Morgan fingerprint density at radius 2 is 1.88 bits per heavy atom. The third-order valence-electron chi connectivity index (χ3n) is 4.44. The number of likely N-dealkylation sites (N-methyl/N-ethyl adjacent to an activating group) is 1. The lowest BCUT2D eigenvalue weighted by Gasteiger charge is -2.35. The van der Waals surface area contributed by atoms with Gasteiger partial charge in [-0.2, -0.15) is 0 Å². The monoisotopic (exact) mass is 234 g/mol. The molecular weight excluding hydrogens is 210 g/mol. The van der Waals surface area contributed by atoms with E-state index in [2.05, 4.69) is 36.6 Å². The maximum Gasteiger partial charge on any atom is 0.163 e. The molecule has 1 atom stereocenters. The Morgan fingerprint density at radius 3 is 2.71 bits per heavy atom. The summed E-state index contributed by atoms with van der Waals surface area (Å²) in [4.78, 5) is 3.50. The Bertz CT molecular complexity index is 383. The van der Waals surface area contributed by atoms with Crippen molar-refractivity contribution in [3.8, 4) is 0 Å². The summed E-state index contributed by atoms with van der Waals surface area (Å²) in [6.07, 6.45) is 0. The van der Waals surface area contributed by atoms with Crippen molar-refractivity contribution in [3.63, 3.8) is 0 Å². The van der Waals surface area contributed by atoms with Crippen LogP contribution in [0.4, 0.5) is 0 Å². The van der Waals surface area contributed by atoms with E-state index in [1.807, 2.05) is 0 Å². The van der Waals surface area contributed by atoms with Crippen LogP contribution < -0.4 is 15.1 Å². The molecule has 3 heteroatoms. The second kappa shape index (κ2) is 4.77. The predicted octanol–water partition coefficient (Wildman–Crippen LogP) is -2.78. The summed E-state index contributed by atoms with van der Waals surface area (Å²) >= 11 is 0. The van der Waals surface area contributed by atoms with Crippen LogP contribution >= 0.6 is 0 Å². The molecule has 0 saturated carbocycles. The average Bonchev–Trinajstić information content (AvgIpc) is 2.39. The topological polar surface area (TPSA) is 25.5 Å². The minimum atomic E-state index is 0.730. The van der Waals surface area contributed by atoms with Crippen LogP contribution in [0.3, 0.4) is 0 Å². The predicted molar refractivity (Wildman–Crippen MR) is 67.0 cm³/mol. The number of hydrogen-bond donors (Lipinski definition) is 3. The summed E-state index contributed by atoms with van der Waals surface area (Å²) in [6.45, 7) is 7.76. The molecule has 2 heterocycles. The van der Waals surface area contributed by atoms with Gasteiger partial charge in [-0.3, -0.25) is 0 Å². The molecule has 2 aliphatic rings. The number of nitrogens with two attached hydrogens (primary N) is 1. The molecule has 1 saturated heterocycles. The zero-order valence-electron chi connectivity index (χ0n) is 10.7. The van der Waals surface area contributed by atoms with E-state index >= 15 is 0 Å². The highest BCUT2D eigenvalue weighted by Crippen LogP contribution is 2.16. The SMILES string of the molecule is C[NH+]1CC[NH+]([C@@H]2C[NH2+]Cc3ccccc32)CC1. The third kappa shape index (κ3) is 2.23. The molecule has 0 aliphatic carbocycles. The molecule has 0 aromatic heterocycles. The van der Waals surface area contributed by atoms with Crippen LogP contribution in [0.25, 0.3) is 0 Å². The van der Waals surface area contributed by atoms with Crippen molar-refractivity contribution in [3.05, 3.63) is 35.4 Å². The number of benzene rings is 1. The molecule has 1 fully saturated rings. The zero-order valence-corrected chi connectivity index (χ0v) is 10.7. The Labute approximate surface area is 103 Å². The van der Waals surface area contributed by atoms with Gasteiger partial charge in [0.25, 0.3) is 0 Å². The zero-order chi connectivity index (χ0) is 11.7.